The second-order valence-corrected chi connectivity index (χ2v) is 12.1. The van der Waals surface area contributed by atoms with Crippen molar-refractivity contribution in [3.05, 3.63) is 0 Å². The highest BCUT2D eigenvalue weighted by molar-refractivity contribution is 5.66. The molecule has 11 atom stereocenters. The highest BCUT2D eigenvalue weighted by Crippen LogP contribution is 2.70. The zero-order valence-electron chi connectivity index (χ0n) is 19.2. The monoisotopic (exact) mass is 422 g/mol. The van der Waals surface area contributed by atoms with E-state index in [4.69, 9.17) is 5.11 Å². The zero-order valence-corrected chi connectivity index (χ0v) is 19.2. The number of carbonyl (C=O) groups is 1. The summed E-state index contributed by atoms with van der Waals surface area (Å²) in [6, 6.07) is 0. The standard InChI is InChI=1S/C25H42O5/c1-14(5-8-21(28)29)17-6-7-18-22-19(12-20(27)25(17,18)4)23(2)10-9-16(26)11-15(23)13-24(22,3)30/h14-20,22,26-27,30H,5-13H2,1-4H3,(H,28,29)/t14-,15+,16-,17-,18+,19+,20+,22+,23+,24+,25-/m1/s1. The molecule has 4 rings (SSSR count). The van der Waals surface area contributed by atoms with E-state index >= 15 is 0 Å². The van der Waals surface area contributed by atoms with E-state index in [9.17, 15) is 20.1 Å². The highest BCUT2D eigenvalue weighted by atomic mass is 16.4. The van der Waals surface area contributed by atoms with Gasteiger partial charge in [-0.25, -0.2) is 0 Å². The Bertz CT molecular complexity index is 676. The molecule has 0 saturated heterocycles. The first-order chi connectivity index (χ1) is 13.9. The van der Waals surface area contributed by atoms with Crippen molar-refractivity contribution in [3.63, 3.8) is 0 Å². The minimum absolute atomic E-state index is 0.0709. The summed E-state index contributed by atoms with van der Waals surface area (Å²) in [5.74, 6) is 0.818. The van der Waals surface area contributed by atoms with Crippen LogP contribution in [0.3, 0.4) is 0 Å². The van der Waals surface area contributed by atoms with E-state index in [2.05, 4.69) is 20.8 Å². The number of carboxylic acid groups (broad SMARTS) is 1. The third-order valence-electron chi connectivity index (χ3n) is 10.7. The molecule has 0 aliphatic heterocycles. The largest absolute Gasteiger partial charge is 0.481 e. The first-order valence-electron chi connectivity index (χ1n) is 12.2. The molecule has 4 aliphatic carbocycles. The molecule has 0 aromatic heterocycles. The van der Waals surface area contributed by atoms with Gasteiger partial charge in [-0.15, -0.1) is 0 Å². The Morgan fingerprint density at radius 1 is 1.07 bits per heavy atom. The predicted molar refractivity (Wildman–Crippen MR) is 115 cm³/mol. The van der Waals surface area contributed by atoms with Crippen LogP contribution < -0.4 is 0 Å². The van der Waals surface area contributed by atoms with Gasteiger partial charge < -0.3 is 20.4 Å². The predicted octanol–water partition coefficient (Wildman–Crippen LogP) is 3.84. The zero-order chi connectivity index (χ0) is 22.1. The summed E-state index contributed by atoms with van der Waals surface area (Å²) in [4.78, 5) is 11.1. The average molecular weight is 423 g/mol. The van der Waals surface area contributed by atoms with Gasteiger partial charge in [-0.05, 0) is 105 Å². The van der Waals surface area contributed by atoms with Crippen LogP contribution in [0.25, 0.3) is 0 Å². The molecule has 172 valence electrons. The van der Waals surface area contributed by atoms with E-state index in [-0.39, 0.29) is 47.0 Å². The van der Waals surface area contributed by atoms with Crippen LogP contribution in [0.4, 0.5) is 0 Å². The van der Waals surface area contributed by atoms with Gasteiger partial charge in [-0.1, -0.05) is 20.8 Å². The Balaban J connectivity index is 1.65. The fourth-order valence-corrected chi connectivity index (χ4v) is 9.07. The molecule has 5 nitrogen and oxygen atoms in total. The first-order valence-corrected chi connectivity index (χ1v) is 12.2. The van der Waals surface area contributed by atoms with Crippen LogP contribution in [0.2, 0.25) is 0 Å². The van der Waals surface area contributed by atoms with Crippen molar-refractivity contribution in [2.75, 3.05) is 0 Å². The van der Waals surface area contributed by atoms with Crippen molar-refractivity contribution in [1.82, 2.24) is 0 Å². The smallest absolute Gasteiger partial charge is 0.303 e. The third kappa shape index (κ3) is 3.26. The second kappa shape index (κ2) is 7.45. The Labute approximate surface area is 181 Å². The lowest BCUT2D eigenvalue weighted by molar-refractivity contribution is -0.237. The minimum atomic E-state index is -0.781. The van der Waals surface area contributed by atoms with Gasteiger partial charge in [0.25, 0.3) is 0 Å². The maximum atomic E-state index is 11.7. The van der Waals surface area contributed by atoms with Crippen LogP contribution in [0.5, 0.6) is 0 Å². The van der Waals surface area contributed by atoms with Crippen molar-refractivity contribution < 1.29 is 25.2 Å². The van der Waals surface area contributed by atoms with Crippen LogP contribution in [0, 0.1) is 46.3 Å². The summed E-state index contributed by atoms with van der Waals surface area (Å²) in [5, 5.41) is 42.7. The summed E-state index contributed by atoms with van der Waals surface area (Å²) in [6.45, 7) is 8.74. The van der Waals surface area contributed by atoms with Crippen LogP contribution in [0.15, 0.2) is 0 Å². The molecule has 4 N–H and O–H groups in total. The van der Waals surface area contributed by atoms with Gasteiger partial charge in [0, 0.05) is 6.42 Å². The Kier molecular flexibility index (Phi) is 5.60. The molecule has 0 aromatic carbocycles. The molecule has 0 radical (unpaired) electrons. The van der Waals surface area contributed by atoms with E-state index in [1.165, 1.54) is 0 Å². The van der Waals surface area contributed by atoms with Crippen LogP contribution in [0.1, 0.15) is 85.5 Å². The first kappa shape index (κ1) is 22.5. The molecule has 0 unspecified atom stereocenters. The molecule has 4 aliphatic rings. The van der Waals surface area contributed by atoms with Crippen molar-refractivity contribution >= 4 is 5.97 Å². The normalized spacial score (nSPS) is 54.0. The topological polar surface area (TPSA) is 98.0 Å². The summed E-state index contributed by atoms with van der Waals surface area (Å²) in [5.41, 5.74) is -0.973. The maximum Gasteiger partial charge on any atom is 0.303 e. The van der Waals surface area contributed by atoms with E-state index in [1.54, 1.807) is 0 Å². The lowest BCUT2D eigenvalue weighted by Crippen LogP contribution is -2.65. The third-order valence-corrected chi connectivity index (χ3v) is 10.7. The molecule has 0 heterocycles. The number of rotatable bonds is 4. The number of hydrogen-bond acceptors (Lipinski definition) is 4. The fraction of sp³-hybridized carbons (Fsp3) is 0.960. The van der Waals surface area contributed by atoms with Gasteiger partial charge in [0.1, 0.15) is 0 Å². The summed E-state index contributed by atoms with van der Waals surface area (Å²) in [6.07, 6.45) is 6.20. The van der Waals surface area contributed by atoms with Gasteiger partial charge in [0.2, 0.25) is 0 Å². The van der Waals surface area contributed by atoms with E-state index in [0.29, 0.717) is 18.3 Å². The van der Waals surface area contributed by atoms with Crippen LogP contribution >= 0.6 is 0 Å². The van der Waals surface area contributed by atoms with Crippen molar-refractivity contribution in [3.8, 4) is 0 Å². The number of aliphatic hydroxyl groups excluding tert-OH is 2. The lowest BCUT2D eigenvalue weighted by atomic mass is 9.41. The molecule has 4 saturated carbocycles. The number of fused-ring (bicyclic) bond motifs is 5. The molecular formula is C25H42O5. The second-order valence-electron chi connectivity index (χ2n) is 12.1. The Morgan fingerprint density at radius 3 is 2.43 bits per heavy atom. The number of aliphatic hydroxyl groups is 3. The summed E-state index contributed by atoms with van der Waals surface area (Å²) >= 11 is 0. The lowest BCUT2D eigenvalue weighted by Gasteiger charge is -2.66. The minimum Gasteiger partial charge on any atom is -0.481 e. The molecule has 5 heteroatoms. The van der Waals surface area contributed by atoms with Gasteiger partial charge in [-0.2, -0.15) is 0 Å². The van der Waals surface area contributed by atoms with Gasteiger partial charge in [0.15, 0.2) is 0 Å². The summed E-state index contributed by atoms with van der Waals surface area (Å²) < 4.78 is 0. The van der Waals surface area contributed by atoms with Crippen LogP contribution in [-0.2, 0) is 4.79 Å². The number of aliphatic carboxylic acids is 1. The molecule has 30 heavy (non-hydrogen) atoms. The van der Waals surface area contributed by atoms with Gasteiger partial charge in [0.05, 0.1) is 17.8 Å². The molecule has 0 aromatic rings. The van der Waals surface area contributed by atoms with E-state index in [0.717, 1.165) is 44.9 Å². The summed E-state index contributed by atoms with van der Waals surface area (Å²) in [7, 11) is 0. The van der Waals surface area contributed by atoms with Crippen LogP contribution in [-0.4, -0.2) is 44.2 Å². The average Bonchev–Trinajstić information content (AvgIpc) is 3.00. The quantitative estimate of drug-likeness (QED) is 0.552. The fourth-order valence-electron chi connectivity index (χ4n) is 9.07. The van der Waals surface area contributed by atoms with E-state index < -0.39 is 17.7 Å². The number of carboxylic acids is 1. The number of hydrogen-bond donors (Lipinski definition) is 4. The van der Waals surface area contributed by atoms with Gasteiger partial charge in [-0.3, -0.25) is 4.79 Å². The SMILES string of the molecule is C[C@H](CCC(=O)O)[C@H]1CC[C@H]2[C@H]3[C@H](C[C@H](O)[C@]12C)[C@@]1(C)CC[C@@H](O)C[C@H]1C[C@]3(C)O. The van der Waals surface area contributed by atoms with Crippen molar-refractivity contribution in [2.45, 2.75) is 103 Å². The molecule has 0 bridgehead atoms. The van der Waals surface area contributed by atoms with Crippen molar-refractivity contribution in [2.24, 2.45) is 46.3 Å². The van der Waals surface area contributed by atoms with Crippen molar-refractivity contribution in [1.29, 1.82) is 0 Å². The molecular weight excluding hydrogens is 380 g/mol. The van der Waals surface area contributed by atoms with Gasteiger partial charge >= 0.3 is 5.97 Å². The Hall–Kier alpha value is -0.650. The van der Waals surface area contributed by atoms with E-state index in [1.807, 2.05) is 6.92 Å². The molecule has 0 amide bonds. The maximum absolute atomic E-state index is 11.7. The molecule has 0 spiro atoms. The highest BCUT2D eigenvalue weighted by Gasteiger charge is 2.68. The Morgan fingerprint density at radius 2 is 1.77 bits per heavy atom. The molecule has 4 fully saturated rings.